The van der Waals surface area contributed by atoms with Crippen molar-refractivity contribution in [2.75, 3.05) is 0 Å². The van der Waals surface area contributed by atoms with Gasteiger partial charge in [0.1, 0.15) is 0 Å². The molecule has 60 valence electrons. The normalized spacial score (nSPS) is 8.00. The zero-order valence-corrected chi connectivity index (χ0v) is 12.8. The molecular formula is C7H8CoHgO2-. The molecule has 4 heteroatoms. The van der Waals surface area contributed by atoms with Crippen LogP contribution in [0.5, 0.6) is 0 Å². The Labute approximate surface area is 91.5 Å². The summed E-state index contributed by atoms with van der Waals surface area (Å²) in [6, 6.07) is 0. The van der Waals surface area contributed by atoms with Gasteiger partial charge in [-0.2, -0.15) is 0 Å². The van der Waals surface area contributed by atoms with Crippen LogP contribution in [0.4, 0.5) is 0 Å². The van der Waals surface area contributed by atoms with Crippen LogP contribution >= 0.6 is 0 Å². The number of allylic oxidation sites excluding steroid dienone is 3. The van der Waals surface area contributed by atoms with Crippen molar-refractivity contribution in [2.45, 2.75) is 6.92 Å². The minimum atomic E-state index is -0.159. The summed E-state index contributed by atoms with van der Waals surface area (Å²) in [7, 11) is 0. The number of hydrogen-bond acceptors (Lipinski definition) is 2. The van der Waals surface area contributed by atoms with Gasteiger partial charge in [-0.1, -0.05) is 0 Å². The Bertz CT molecular complexity index is 145. The van der Waals surface area contributed by atoms with Gasteiger partial charge < -0.3 is 0 Å². The van der Waals surface area contributed by atoms with E-state index in [4.69, 9.17) is 6.58 Å². The van der Waals surface area contributed by atoms with Crippen LogP contribution < -0.4 is 0 Å². The molecule has 0 N–H and O–H groups in total. The summed E-state index contributed by atoms with van der Waals surface area (Å²) >= 11 is 4.00. The van der Waals surface area contributed by atoms with Crippen LogP contribution in [0.2, 0.25) is 0 Å². The number of hydrogen-bond donors (Lipinski definition) is 0. The molecule has 0 heterocycles. The Hall–Kier alpha value is 0.262. The molecule has 0 saturated heterocycles. The molecule has 11 heavy (non-hydrogen) atoms. The molecular weight excluding hydrogens is 376 g/mol. The van der Waals surface area contributed by atoms with Crippen molar-refractivity contribution in [3.63, 3.8) is 0 Å². The second kappa shape index (κ2) is 12.9. The predicted octanol–water partition coefficient (Wildman–Crippen LogP) is 0.892. The maximum absolute atomic E-state index is 9.64. The fourth-order valence-electron chi connectivity index (χ4n) is 0.101. The number of carbonyl (C=O) groups excluding carboxylic acids is 1. The van der Waals surface area contributed by atoms with Crippen LogP contribution in [0.25, 0.3) is 0 Å². The molecule has 0 fully saturated rings. The molecule has 0 bridgehead atoms. The topological polar surface area (TPSA) is 26.3 Å². The van der Waals surface area contributed by atoms with Crippen LogP contribution in [-0.4, -0.2) is 10.9 Å². The van der Waals surface area contributed by atoms with E-state index in [9.17, 15) is 4.79 Å². The second-order valence-electron chi connectivity index (χ2n) is 1.32. The summed E-state index contributed by atoms with van der Waals surface area (Å²) in [5.41, 5.74) is 0. The molecule has 0 aliphatic heterocycles. The summed E-state index contributed by atoms with van der Waals surface area (Å²) in [5.74, 6) is -0.159. The molecule has 0 aliphatic rings. The standard InChI is InChI=1S/C5H5.C2H4O2.Co.Hg/c1-3-5-4-2;1-2(3)4;;/h1-5H;1H3,(H,3,4);;/q-1;;;+1/p-1/b5-3-;;;. The Morgan fingerprint density at radius 1 is 1.64 bits per heavy atom. The molecule has 0 unspecified atom stereocenters. The molecule has 0 spiro atoms. The van der Waals surface area contributed by atoms with E-state index in [1.807, 2.05) is 0 Å². The first kappa shape index (κ1) is 13.8. The van der Waals surface area contributed by atoms with Crippen LogP contribution in [0.1, 0.15) is 6.92 Å². The molecule has 2 nitrogen and oxygen atoms in total. The second-order valence-corrected chi connectivity index (χ2v) is 2.79. The average Bonchev–Trinajstić information content (AvgIpc) is 2.02. The zero-order valence-electron chi connectivity index (χ0n) is 6.24. The molecule has 0 radical (unpaired) electrons. The summed E-state index contributed by atoms with van der Waals surface area (Å²) < 4.78 is 4.31. The molecule has 0 aliphatic carbocycles. The van der Waals surface area contributed by atoms with Gasteiger partial charge in [0.05, 0.1) is 0 Å². The van der Waals surface area contributed by atoms with Crippen molar-refractivity contribution >= 4 is 10.9 Å². The van der Waals surface area contributed by atoms with Crippen molar-refractivity contribution in [3.05, 3.63) is 24.8 Å². The van der Waals surface area contributed by atoms with E-state index < -0.39 is 0 Å². The third-order valence-corrected chi connectivity index (χ3v) is 2.27. The van der Waals surface area contributed by atoms with Gasteiger partial charge in [-0.3, -0.25) is 0 Å². The first-order chi connectivity index (χ1) is 5.18. The monoisotopic (exact) mass is 385 g/mol. The van der Waals surface area contributed by atoms with E-state index in [0.717, 1.165) is 0 Å². The summed E-state index contributed by atoms with van der Waals surface area (Å²) in [6.07, 6.45) is 4.89. The van der Waals surface area contributed by atoms with Gasteiger partial charge in [0.25, 0.3) is 0 Å². The number of rotatable bonds is 2. The molecule has 0 rings (SSSR count). The van der Waals surface area contributed by atoms with E-state index in [1.54, 1.807) is 17.1 Å². The summed E-state index contributed by atoms with van der Waals surface area (Å²) in [5, 5.41) is 0. The SMILES string of the molecule is CC(=O)[O][Hg].[CH-]=C/C=C\[CH]=[Co]. The predicted molar refractivity (Wildman–Crippen MR) is 35.8 cm³/mol. The van der Waals surface area contributed by atoms with Gasteiger partial charge >= 0.3 is 92.0 Å². The molecule has 0 amide bonds. The third kappa shape index (κ3) is 25.3. The van der Waals surface area contributed by atoms with E-state index >= 15 is 0 Å². The van der Waals surface area contributed by atoms with Crippen molar-refractivity contribution in [1.29, 1.82) is 0 Å². The summed E-state index contributed by atoms with van der Waals surface area (Å²) in [6.45, 7) is 6.36. The minimum absolute atomic E-state index is 0.159. The first-order valence-electron chi connectivity index (χ1n) is 2.72. The Morgan fingerprint density at radius 2 is 2.09 bits per heavy atom. The third-order valence-electron chi connectivity index (χ3n) is 0.490. The van der Waals surface area contributed by atoms with Gasteiger partial charge in [-0.15, -0.1) is 0 Å². The van der Waals surface area contributed by atoms with E-state index in [0.29, 0.717) is 0 Å². The number of carbonyl (C=O) groups is 1. The zero-order chi connectivity index (χ0) is 9.11. The molecule has 0 saturated carbocycles. The first-order valence-corrected chi connectivity index (χ1v) is 5.57. The van der Waals surface area contributed by atoms with E-state index in [1.165, 1.54) is 13.0 Å². The van der Waals surface area contributed by atoms with Crippen LogP contribution in [-0.2, 0) is 49.3 Å². The van der Waals surface area contributed by atoms with Crippen molar-refractivity contribution in [1.82, 2.24) is 0 Å². The van der Waals surface area contributed by atoms with Crippen LogP contribution in [0, 0.1) is 6.58 Å². The Balaban J connectivity index is 0. The quantitative estimate of drug-likeness (QED) is 0.402. The fraction of sp³-hybridized carbons (Fsp3) is 0.143. The Morgan fingerprint density at radius 3 is 2.18 bits per heavy atom. The molecule has 0 aromatic rings. The Kier molecular flexibility index (Phi) is 16.2. The van der Waals surface area contributed by atoms with E-state index in [-0.39, 0.29) is 32.5 Å². The molecule has 0 aromatic heterocycles. The van der Waals surface area contributed by atoms with Crippen LogP contribution in [0.3, 0.4) is 0 Å². The summed E-state index contributed by atoms with van der Waals surface area (Å²) in [4.78, 5) is 11.2. The van der Waals surface area contributed by atoms with Gasteiger partial charge in [0.15, 0.2) is 0 Å². The average molecular weight is 384 g/mol. The molecule has 0 atom stereocenters. The maximum atomic E-state index is 9.64. The van der Waals surface area contributed by atoms with Gasteiger partial charge in [-0.25, -0.2) is 0 Å². The fourth-order valence-corrected chi connectivity index (χ4v) is 0.217. The van der Waals surface area contributed by atoms with Gasteiger partial charge in [-0.05, 0) is 0 Å². The van der Waals surface area contributed by atoms with Crippen molar-refractivity contribution < 1.29 is 49.3 Å². The molecule has 0 aromatic carbocycles. The van der Waals surface area contributed by atoms with Crippen molar-refractivity contribution in [3.8, 4) is 0 Å². The van der Waals surface area contributed by atoms with Gasteiger partial charge in [0.2, 0.25) is 0 Å². The van der Waals surface area contributed by atoms with Crippen LogP contribution in [0.15, 0.2) is 18.2 Å². The van der Waals surface area contributed by atoms with Crippen molar-refractivity contribution in [2.24, 2.45) is 0 Å². The van der Waals surface area contributed by atoms with Gasteiger partial charge in [0, 0.05) is 0 Å². The van der Waals surface area contributed by atoms with E-state index in [2.05, 4.69) is 17.9 Å².